The molecule has 0 aliphatic heterocycles. The fourth-order valence-corrected chi connectivity index (χ4v) is 2.15. The molecule has 0 heterocycles. The summed E-state index contributed by atoms with van der Waals surface area (Å²) in [5, 5.41) is 2.87. The smallest absolute Gasteiger partial charge is 0.244 e. The molecule has 0 spiro atoms. The van der Waals surface area contributed by atoms with Crippen molar-refractivity contribution in [1.82, 2.24) is 5.32 Å². The summed E-state index contributed by atoms with van der Waals surface area (Å²) in [6.45, 7) is 2.59. The van der Waals surface area contributed by atoms with Crippen LogP contribution in [0.5, 0.6) is 0 Å². The van der Waals surface area contributed by atoms with Crippen LogP contribution in [0.2, 0.25) is 0 Å². The quantitative estimate of drug-likeness (QED) is 0.841. The summed E-state index contributed by atoms with van der Waals surface area (Å²) in [6.07, 6.45) is 3.35. The molecule has 2 aromatic carbocycles. The molecule has 1 N–H and O–H groups in total. The monoisotopic (exact) mass is 329 g/mol. The Morgan fingerprint density at radius 3 is 2.55 bits per heavy atom. The third-order valence-electron chi connectivity index (χ3n) is 2.91. The van der Waals surface area contributed by atoms with Gasteiger partial charge in [0.05, 0.1) is 0 Å². The number of aryl methyl sites for hydroxylation is 1. The first-order valence-corrected chi connectivity index (χ1v) is 7.20. The molecule has 0 aliphatic rings. The zero-order valence-corrected chi connectivity index (χ0v) is 12.9. The van der Waals surface area contributed by atoms with Crippen LogP contribution in [0.1, 0.15) is 16.7 Å². The van der Waals surface area contributed by atoms with E-state index in [4.69, 9.17) is 0 Å². The summed E-state index contributed by atoms with van der Waals surface area (Å²) < 4.78 is 0.975. The van der Waals surface area contributed by atoms with Crippen LogP contribution >= 0.6 is 15.9 Å². The Balaban J connectivity index is 1.90. The Kier molecular flexibility index (Phi) is 5.13. The van der Waals surface area contributed by atoms with E-state index in [1.165, 1.54) is 5.56 Å². The first-order valence-electron chi connectivity index (χ1n) is 6.41. The van der Waals surface area contributed by atoms with Gasteiger partial charge in [-0.2, -0.15) is 0 Å². The molecule has 0 unspecified atom stereocenters. The van der Waals surface area contributed by atoms with Gasteiger partial charge in [0.2, 0.25) is 5.91 Å². The Morgan fingerprint density at radius 1 is 1.15 bits per heavy atom. The van der Waals surface area contributed by atoms with Gasteiger partial charge in [0.25, 0.3) is 0 Å². The molecule has 102 valence electrons. The lowest BCUT2D eigenvalue weighted by Crippen LogP contribution is -2.20. The van der Waals surface area contributed by atoms with Crippen LogP contribution in [0.4, 0.5) is 0 Å². The van der Waals surface area contributed by atoms with E-state index in [1.807, 2.05) is 55.5 Å². The number of halogens is 1. The highest BCUT2D eigenvalue weighted by Gasteiger charge is 1.98. The van der Waals surface area contributed by atoms with Crippen LogP contribution in [-0.2, 0) is 11.3 Å². The highest BCUT2D eigenvalue weighted by Crippen LogP contribution is 2.16. The minimum Gasteiger partial charge on any atom is -0.348 e. The largest absolute Gasteiger partial charge is 0.348 e. The average molecular weight is 330 g/mol. The minimum atomic E-state index is -0.0960. The molecule has 1 amide bonds. The first kappa shape index (κ1) is 14.5. The summed E-state index contributed by atoms with van der Waals surface area (Å²) in [6, 6.07) is 15.9. The number of hydrogen-bond acceptors (Lipinski definition) is 1. The standard InChI is InChI=1S/C17H16BrNO/c1-13-6-8-14(9-7-13)12-19-17(20)11-10-15-4-2-3-5-16(15)18/h2-11H,12H2,1H3,(H,19,20). The van der Waals surface area contributed by atoms with Crippen LogP contribution in [-0.4, -0.2) is 5.91 Å². The predicted octanol–water partition coefficient (Wildman–Crippen LogP) is 4.09. The van der Waals surface area contributed by atoms with Crippen molar-refractivity contribution in [3.05, 3.63) is 75.8 Å². The molecule has 0 bridgehead atoms. The normalized spacial score (nSPS) is 10.7. The number of hydrogen-bond donors (Lipinski definition) is 1. The lowest BCUT2D eigenvalue weighted by molar-refractivity contribution is -0.116. The SMILES string of the molecule is Cc1ccc(CNC(=O)C=Cc2ccccc2Br)cc1. The van der Waals surface area contributed by atoms with Gasteiger partial charge in [-0.25, -0.2) is 0 Å². The van der Waals surface area contributed by atoms with E-state index in [9.17, 15) is 4.79 Å². The summed E-state index contributed by atoms with van der Waals surface area (Å²) >= 11 is 3.45. The van der Waals surface area contributed by atoms with Crippen LogP contribution in [0.15, 0.2) is 59.1 Å². The van der Waals surface area contributed by atoms with Crippen molar-refractivity contribution < 1.29 is 4.79 Å². The molecule has 2 aromatic rings. The molecule has 0 saturated carbocycles. The third kappa shape index (κ3) is 4.35. The van der Waals surface area contributed by atoms with Crippen LogP contribution in [0.3, 0.4) is 0 Å². The van der Waals surface area contributed by atoms with Crippen LogP contribution in [0, 0.1) is 6.92 Å². The number of benzene rings is 2. The molecule has 2 rings (SSSR count). The molecule has 0 aromatic heterocycles. The van der Waals surface area contributed by atoms with Crippen LogP contribution < -0.4 is 5.32 Å². The number of amides is 1. The Labute approximate surface area is 127 Å². The van der Waals surface area contributed by atoms with E-state index in [0.29, 0.717) is 6.54 Å². The van der Waals surface area contributed by atoms with Gasteiger partial charge >= 0.3 is 0 Å². The highest BCUT2D eigenvalue weighted by molar-refractivity contribution is 9.10. The number of carbonyl (C=O) groups excluding carboxylic acids is 1. The molecular formula is C17H16BrNO. The average Bonchev–Trinajstić information content (AvgIpc) is 2.46. The lowest BCUT2D eigenvalue weighted by Gasteiger charge is -2.03. The summed E-state index contributed by atoms with van der Waals surface area (Å²) in [5.74, 6) is -0.0960. The summed E-state index contributed by atoms with van der Waals surface area (Å²) in [7, 11) is 0. The number of nitrogens with one attached hydrogen (secondary N) is 1. The Bertz CT molecular complexity index is 617. The minimum absolute atomic E-state index is 0.0960. The van der Waals surface area contributed by atoms with Gasteiger partial charge in [-0.15, -0.1) is 0 Å². The molecule has 0 radical (unpaired) electrons. The maximum Gasteiger partial charge on any atom is 0.244 e. The maximum absolute atomic E-state index is 11.8. The van der Waals surface area contributed by atoms with Crippen molar-refractivity contribution in [2.75, 3.05) is 0 Å². The van der Waals surface area contributed by atoms with Crippen molar-refractivity contribution in [2.45, 2.75) is 13.5 Å². The molecule has 3 heteroatoms. The lowest BCUT2D eigenvalue weighted by atomic mass is 10.1. The van der Waals surface area contributed by atoms with E-state index >= 15 is 0 Å². The second-order valence-corrected chi connectivity index (χ2v) is 5.41. The fraction of sp³-hybridized carbons (Fsp3) is 0.118. The highest BCUT2D eigenvalue weighted by atomic mass is 79.9. The van der Waals surface area contributed by atoms with E-state index < -0.39 is 0 Å². The molecule has 0 saturated heterocycles. The summed E-state index contributed by atoms with van der Waals surface area (Å²) in [4.78, 5) is 11.8. The molecule has 0 atom stereocenters. The van der Waals surface area contributed by atoms with Crippen molar-refractivity contribution in [2.24, 2.45) is 0 Å². The molecule has 0 aliphatic carbocycles. The van der Waals surface area contributed by atoms with E-state index in [1.54, 1.807) is 12.2 Å². The van der Waals surface area contributed by atoms with Gasteiger partial charge in [-0.1, -0.05) is 64.0 Å². The number of carbonyl (C=O) groups is 1. The predicted molar refractivity (Wildman–Crippen MR) is 86.2 cm³/mol. The van der Waals surface area contributed by atoms with Crippen LogP contribution in [0.25, 0.3) is 6.08 Å². The zero-order valence-electron chi connectivity index (χ0n) is 11.3. The van der Waals surface area contributed by atoms with Crippen molar-refractivity contribution >= 4 is 27.9 Å². The van der Waals surface area contributed by atoms with Crippen molar-refractivity contribution in [3.63, 3.8) is 0 Å². The first-order chi connectivity index (χ1) is 9.65. The fourth-order valence-electron chi connectivity index (χ4n) is 1.73. The van der Waals surface area contributed by atoms with Gasteiger partial charge in [-0.05, 0) is 30.2 Å². The van der Waals surface area contributed by atoms with Crippen molar-refractivity contribution in [1.29, 1.82) is 0 Å². The third-order valence-corrected chi connectivity index (χ3v) is 3.63. The van der Waals surface area contributed by atoms with E-state index in [-0.39, 0.29) is 5.91 Å². The molecule has 2 nitrogen and oxygen atoms in total. The van der Waals surface area contributed by atoms with Crippen molar-refractivity contribution in [3.8, 4) is 0 Å². The summed E-state index contributed by atoms with van der Waals surface area (Å²) in [5.41, 5.74) is 3.30. The van der Waals surface area contributed by atoms with Gasteiger partial charge in [0.1, 0.15) is 0 Å². The Morgan fingerprint density at radius 2 is 1.85 bits per heavy atom. The molecule has 20 heavy (non-hydrogen) atoms. The topological polar surface area (TPSA) is 29.1 Å². The van der Waals surface area contributed by atoms with Gasteiger partial charge < -0.3 is 5.32 Å². The Hall–Kier alpha value is -1.87. The van der Waals surface area contributed by atoms with Gasteiger partial charge in [-0.3, -0.25) is 4.79 Å². The van der Waals surface area contributed by atoms with E-state index in [2.05, 4.69) is 21.2 Å². The van der Waals surface area contributed by atoms with E-state index in [0.717, 1.165) is 15.6 Å². The van der Waals surface area contributed by atoms with Gasteiger partial charge in [0, 0.05) is 17.1 Å². The van der Waals surface area contributed by atoms with Gasteiger partial charge in [0.15, 0.2) is 0 Å². The second kappa shape index (κ2) is 7.06. The second-order valence-electron chi connectivity index (χ2n) is 4.56. The maximum atomic E-state index is 11.8. The zero-order chi connectivity index (χ0) is 14.4. The molecular weight excluding hydrogens is 314 g/mol. The number of rotatable bonds is 4. The molecule has 0 fully saturated rings.